The molecule has 2 spiro atoms. The number of hydrogen-bond donors (Lipinski definition) is 2. The molecule has 2 heterocycles. The van der Waals surface area contributed by atoms with E-state index in [9.17, 15) is 19.8 Å². The number of nitrogens with zero attached hydrogens (tertiary/aromatic N) is 1. The fraction of sp³-hybridized carbons (Fsp3) is 0.947. The highest BCUT2D eigenvalue weighted by Crippen LogP contribution is 2.89. The topological polar surface area (TPSA) is 115 Å². The Morgan fingerprint density at radius 1 is 1.00 bits per heavy atom. The van der Waals surface area contributed by atoms with Gasteiger partial charge in [-0.2, -0.15) is 0 Å². The number of aliphatic hydroxyl groups is 2. The number of morpholine rings is 1. The molecule has 0 unspecified atom stereocenters. The zero-order chi connectivity index (χ0) is 34.1. The average molecular weight is 660 g/mol. The summed E-state index contributed by atoms with van der Waals surface area (Å²) in [5.74, 6) is 1.06. The van der Waals surface area contributed by atoms with Crippen LogP contribution in [0.25, 0.3) is 0 Å². The van der Waals surface area contributed by atoms with Crippen molar-refractivity contribution in [3.8, 4) is 0 Å². The average Bonchev–Trinajstić information content (AvgIpc) is 3.61. The van der Waals surface area contributed by atoms with Crippen LogP contribution < -0.4 is 0 Å². The van der Waals surface area contributed by atoms with Crippen LogP contribution in [0.1, 0.15) is 114 Å². The maximum atomic E-state index is 12.5. The molecule has 47 heavy (non-hydrogen) atoms. The molecule has 0 aromatic rings. The molecule has 7 aliphatic rings. The predicted molar refractivity (Wildman–Crippen MR) is 175 cm³/mol. The van der Waals surface area contributed by atoms with E-state index < -0.39 is 29.9 Å². The van der Waals surface area contributed by atoms with Gasteiger partial charge in [-0.05, 0) is 111 Å². The maximum absolute atomic E-state index is 12.5. The van der Waals surface area contributed by atoms with Gasteiger partial charge in [0, 0.05) is 25.8 Å². The van der Waals surface area contributed by atoms with Gasteiger partial charge in [-0.3, -0.25) is 9.59 Å². The summed E-state index contributed by atoms with van der Waals surface area (Å²) in [5, 5.41) is 23.6. The van der Waals surface area contributed by atoms with E-state index in [1.807, 2.05) is 4.90 Å². The van der Waals surface area contributed by atoms with Crippen molar-refractivity contribution in [2.24, 2.45) is 50.7 Å². The number of carbonyl (C=O) groups excluding carboxylic acids is 2. The smallest absolute Gasteiger partial charge is 0.303 e. The number of amides is 1. The fourth-order valence-electron chi connectivity index (χ4n) is 13.8. The first-order valence-corrected chi connectivity index (χ1v) is 18.6. The van der Waals surface area contributed by atoms with Crippen LogP contribution in [0.5, 0.6) is 0 Å². The molecule has 2 N–H and O–H groups in total. The number of hydrogen-bond acceptors (Lipinski definition) is 8. The molecular formula is C38H61NO8. The molecule has 266 valence electrons. The summed E-state index contributed by atoms with van der Waals surface area (Å²) in [6, 6.07) is 0. The van der Waals surface area contributed by atoms with Gasteiger partial charge in [0.2, 0.25) is 5.91 Å². The van der Waals surface area contributed by atoms with E-state index >= 15 is 0 Å². The van der Waals surface area contributed by atoms with Crippen molar-refractivity contribution >= 4 is 11.9 Å². The Hall–Kier alpha value is -1.26. The van der Waals surface area contributed by atoms with Crippen molar-refractivity contribution in [1.29, 1.82) is 0 Å². The lowest BCUT2D eigenvalue weighted by molar-refractivity contribution is -0.247. The minimum absolute atomic E-state index is 0.0216. The van der Waals surface area contributed by atoms with Gasteiger partial charge in [-0.1, -0.05) is 34.6 Å². The van der Waals surface area contributed by atoms with Gasteiger partial charge < -0.3 is 34.1 Å². The van der Waals surface area contributed by atoms with Crippen molar-refractivity contribution in [2.45, 2.75) is 156 Å². The minimum Gasteiger partial charge on any atom is -0.457 e. The first-order valence-electron chi connectivity index (χ1n) is 18.6. The SMILES string of the molecule is CC(=O)O[C@@H]([C@H]1C[C@@H](C)[C@H]2[C@H](O1)[C@H](O)[C@@]1(C)[C@@H]3CC[C@H]4C(C)(C)[C@@H](O[C@H]5CN(C(C)=O)CCO5)CC[C@@]45C[C@@]35CC[C@]21C)C(C)(C)O. The Balaban J connectivity index is 1.13. The molecule has 1 amide bonds. The number of fused-ring (bicyclic) bond motifs is 4. The van der Waals surface area contributed by atoms with Crippen LogP contribution in [0.15, 0.2) is 0 Å². The first kappa shape index (κ1) is 34.2. The van der Waals surface area contributed by atoms with E-state index in [2.05, 4.69) is 34.6 Å². The lowest BCUT2D eigenvalue weighted by Gasteiger charge is -2.64. The third kappa shape index (κ3) is 4.64. The molecular weight excluding hydrogens is 598 g/mol. The van der Waals surface area contributed by atoms with E-state index in [-0.39, 0.29) is 63.3 Å². The Bertz CT molecular complexity index is 1280. The van der Waals surface area contributed by atoms with Gasteiger partial charge in [-0.25, -0.2) is 0 Å². The van der Waals surface area contributed by atoms with E-state index in [4.69, 9.17) is 18.9 Å². The van der Waals surface area contributed by atoms with Gasteiger partial charge in [0.05, 0.1) is 43.2 Å². The second-order valence-electron chi connectivity index (χ2n) is 18.6. The third-order valence-corrected chi connectivity index (χ3v) is 15.9. The summed E-state index contributed by atoms with van der Waals surface area (Å²) in [5.41, 5.74) is -1.16. The van der Waals surface area contributed by atoms with E-state index in [1.165, 1.54) is 19.8 Å². The summed E-state index contributed by atoms with van der Waals surface area (Å²) in [6.07, 6.45) is 6.05. The molecule has 9 nitrogen and oxygen atoms in total. The Kier molecular flexibility index (Phi) is 7.91. The van der Waals surface area contributed by atoms with Crippen molar-refractivity contribution in [3.05, 3.63) is 0 Å². The number of carbonyl (C=O) groups is 2. The van der Waals surface area contributed by atoms with Crippen LogP contribution in [-0.4, -0.2) is 89.1 Å². The van der Waals surface area contributed by atoms with Crippen molar-refractivity contribution in [2.75, 3.05) is 19.7 Å². The maximum Gasteiger partial charge on any atom is 0.303 e. The van der Waals surface area contributed by atoms with Gasteiger partial charge in [0.1, 0.15) is 0 Å². The predicted octanol–water partition coefficient (Wildman–Crippen LogP) is 5.09. The molecule has 2 saturated heterocycles. The highest BCUT2D eigenvalue weighted by molar-refractivity contribution is 5.73. The van der Waals surface area contributed by atoms with E-state index in [1.54, 1.807) is 20.8 Å². The zero-order valence-corrected chi connectivity index (χ0v) is 30.3. The summed E-state index contributed by atoms with van der Waals surface area (Å²) < 4.78 is 25.3. The zero-order valence-electron chi connectivity index (χ0n) is 30.3. The van der Waals surface area contributed by atoms with Crippen LogP contribution in [0.3, 0.4) is 0 Å². The summed E-state index contributed by atoms with van der Waals surface area (Å²) in [6.45, 7) is 19.9. The molecule has 0 aromatic carbocycles. The molecule has 7 rings (SSSR count). The molecule has 0 radical (unpaired) electrons. The molecule has 0 aromatic heterocycles. The normalized spacial score (nSPS) is 50.6. The molecule has 2 aliphatic heterocycles. The standard InChI is InChI=1S/C38H61NO8/c1-21-18-24(32(34(6,7)43)45-23(3)41)46-30-29(21)35(8)14-15-38-20-37(38)13-12-27(47-28-19-39(22(2)40)16-17-44-28)33(4,5)25(37)10-11-26(38)36(35,9)31(30)42/h21,24-32,42-43H,10-20H2,1-9H3/t21-,24-,25+,26+,27+,28+,29+,30+,31+,32+,35-,36-,37-,38+/m1/s1. The van der Waals surface area contributed by atoms with Crippen LogP contribution in [0.4, 0.5) is 0 Å². The van der Waals surface area contributed by atoms with Gasteiger partial charge >= 0.3 is 5.97 Å². The fourth-order valence-corrected chi connectivity index (χ4v) is 13.8. The quantitative estimate of drug-likeness (QED) is 0.393. The number of ether oxygens (including phenoxy) is 4. The van der Waals surface area contributed by atoms with Crippen molar-refractivity contribution in [1.82, 2.24) is 4.90 Å². The second-order valence-corrected chi connectivity index (χ2v) is 18.6. The van der Waals surface area contributed by atoms with Crippen LogP contribution in [-0.2, 0) is 28.5 Å². The Morgan fingerprint density at radius 2 is 1.68 bits per heavy atom. The first-order chi connectivity index (χ1) is 21.8. The summed E-state index contributed by atoms with van der Waals surface area (Å²) in [4.78, 5) is 26.0. The highest BCUT2D eigenvalue weighted by Gasteiger charge is 2.84. The molecule has 5 aliphatic carbocycles. The third-order valence-electron chi connectivity index (χ3n) is 15.9. The second kappa shape index (κ2) is 10.9. The molecule has 9 heteroatoms. The number of rotatable bonds is 5. The van der Waals surface area contributed by atoms with Crippen molar-refractivity contribution in [3.63, 3.8) is 0 Å². The van der Waals surface area contributed by atoms with E-state index in [0.717, 1.165) is 32.1 Å². The van der Waals surface area contributed by atoms with Gasteiger partial charge in [0.25, 0.3) is 0 Å². The monoisotopic (exact) mass is 659 g/mol. The Morgan fingerprint density at radius 3 is 2.34 bits per heavy atom. The van der Waals surface area contributed by atoms with Crippen LogP contribution >= 0.6 is 0 Å². The largest absolute Gasteiger partial charge is 0.457 e. The lowest BCUT2D eigenvalue weighted by atomic mass is 9.41. The van der Waals surface area contributed by atoms with Gasteiger partial charge in [-0.15, -0.1) is 0 Å². The van der Waals surface area contributed by atoms with Gasteiger partial charge in [0.15, 0.2) is 12.4 Å². The minimum atomic E-state index is -1.26. The lowest BCUT2D eigenvalue weighted by Crippen LogP contribution is -2.60. The molecule has 0 bridgehead atoms. The van der Waals surface area contributed by atoms with E-state index in [0.29, 0.717) is 38.0 Å². The van der Waals surface area contributed by atoms with Crippen molar-refractivity contribution < 1.29 is 38.7 Å². The van der Waals surface area contributed by atoms with Crippen LogP contribution in [0, 0.1) is 50.7 Å². The summed E-state index contributed by atoms with van der Waals surface area (Å²) in [7, 11) is 0. The molecule has 7 fully saturated rings. The van der Waals surface area contributed by atoms with Crippen LogP contribution in [0.2, 0.25) is 0 Å². The molecule has 5 saturated carbocycles. The molecule has 14 atom stereocenters. The highest BCUT2D eigenvalue weighted by atomic mass is 16.7. The summed E-state index contributed by atoms with van der Waals surface area (Å²) >= 11 is 0. The number of esters is 1. The Labute approximate surface area is 281 Å². The number of aliphatic hydroxyl groups excluding tert-OH is 1.